The normalized spacial score (nSPS) is 12.1. The fourth-order valence-corrected chi connectivity index (χ4v) is 11.8. The summed E-state index contributed by atoms with van der Waals surface area (Å²) >= 11 is 0. The molecule has 83 heavy (non-hydrogen) atoms. The van der Waals surface area contributed by atoms with Gasteiger partial charge in [0.1, 0.15) is 13.2 Å². The van der Waals surface area contributed by atoms with Crippen LogP contribution in [0.2, 0.25) is 0 Å². The van der Waals surface area contributed by atoms with Gasteiger partial charge in [-0.15, -0.1) is 0 Å². The van der Waals surface area contributed by atoms with Crippen LogP contribution in [0.25, 0.3) is 0 Å². The molecule has 0 aromatic carbocycles. The van der Waals surface area contributed by atoms with E-state index >= 15 is 0 Å². The van der Waals surface area contributed by atoms with Crippen LogP contribution in [0.3, 0.4) is 0 Å². The number of hydrogen-bond acceptors (Lipinski definition) is 6. The minimum absolute atomic E-state index is 0.0643. The predicted molar refractivity (Wildman–Crippen MR) is 363 cm³/mol. The summed E-state index contributed by atoms with van der Waals surface area (Å²) in [7, 11) is 0. The standard InChI is InChI=1S/C77H146O6/c1-4-7-10-13-16-18-20-22-24-26-28-30-32-34-36-38-40-42-44-46-48-50-52-54-56-58-61-64-67-70-76(79)82-73-74(72-81-75(78)69-66-63-60-15-12-9-6-3)83-77(80)71-68-65-62-59-57-55-53-51-49-47-45-43-41-39-37-35-33-31-29-27-25-23-21-19-17-14-11-8-5-2/h20,22,26,28,74H,4-19,21,23-25,27,29-73H2,1-3H3/b22-20-,28-26-. The van der Waals surface area contributed by atoms with Gasteiger partial charge in [0.2, 0.25) is 0 Å². The van der Waals surface area contributed by atoms with Crippen LogP contribution in [0.15, 0.2) is 24.3 Å². The van der Waals surface area contributed by atoms with Crippen molar-refractivity contribution in [2.45, 2.75) is 438 Å². The molecule has 0 aliphatic heterocycles. The maximum absolute atomic E-state index is 12.9. The van der Waals surface area contributed by atoms with Crippen LogP contribution in [-0.2, 0) is 28.6 Å². The van der Waals surface area contributed by atoms with Crippen LogP contribution in [0, 0.1) is 0 Å². The first-order valence-electron chi connectivity index (χ1n) is 37.8. The lowest BCUT2D eigenvalue weighted by molar-refractivity contribution is -0.167. The molecule has 6 nitrogen and oxygen atoms in total. The molecule has 0 aliphatic carbocycles. The van der Waals surface area contributed by atoms with Crippen LogP contribution >= 0.6 is 0 Å². The van der Waals surface area contributed by atoms with Crippen LogP contribution < -0.4 is 0 Å². The molecule has 0 aromatic heterocycles. The summed E-state index contributed by atoms with van der Waals surface area (Å²) in [6.07, 6.45) is 89.8. The summed E-state index contributed by atoms with van der Waals surface area (Å²) in [5.74, 6) is -0.838. The Labute approximate surface area is 519 Å². The van der Waals surface area contributed by atoms with E-state index in [2.05, 4.69) is 45.1 Å². The smallest absolute Gasteiger partial charge is 0.306 e. The Bertz CT molecular complexity index is 1340. The lowest BCUT2D eigenvalue weighted by Gasteiger charge is -2.18. The molecule has 1 unspecified atom stereocenters. The van der Waals surface area contributed by atoms with Gasteiger partial charge in [-0.2, -0.15) is 0 Å². The second kappa shape index (κ2) is 72.4. The van der Waals surface area contributed by atoms with Gasteiger partial charge < -0.3 is 14.2 Å². The summed E-state index contributed by atoms with van der Waals surface area (Å²) in [6, 6.07) is 0. The second-order valence-corrected chi connectivity index (χ2v) is 25.9. The maximum atomic E-state index is 12.9. The average Bonchev–Trinajstić information content (AvgIpc) is 3.49. The van der Waals surface area contributed by atoms with E-state index < -0.39 is 6.10 Å². The molecule has 0 aliphatic rings. The molecule has 0 rings (SSSR count). The molecule has 0 saturated carbocycles. The SMILES string of the molecule is CCCCCCC/C=C\C/C=C\CCCCCCCCCCCCCCCCCCCC(=O)OCC(COC(=O)CCCCCCCCC)OC(=O)CCCCCCCCCCCCCCCCCCCCCCCCCCCCCCC. The minimum Gasteiger partial charge on any atom is -0.462 e. The van der Waals surface area contributed by atoms with Crippen molar-refractivity contribution in [3.63, 3.8) is 0 Å². The Morgan fingerprint density at radius 2 is 0.434 bits per heavy atom. The van der Waals surface area contributed by atoms with Crippen molar-refractivity contribution >= 4 is 17.9 Å². The molecular formula is C77H146O6. The van der Waals surface area contributed by atoms with Crippen LogP contribution in [0.1, 0.15) is 432 Å². The number of unbranched alkanes of at least 4 members (excludes halogenated alkanes) is 56. The van der Waals surface area contributed by atoms with Crippen molar-refractivity contribution in [2.24, 2.45) is 0 Å². The van der Waals surface area contributed by atoms with Crippen molar-refractivity contribution in [1.29, 1.82) is 0 Å². The van der Waals surface area contributed by atoms with E-state index in [1.54, 1.807) is 0 Å². The first-order chi connectivity index (χ1) is 41.0. The highest BCUT2D eigenvalue weighted by Crippen LogP contribution is 2.20. The molecule has 0 aromatic rings. The van der Waals surface area contributed by atoms with Crippen LogP contribution in [0.4, 0.5) is 0 Å². The fourth-order valence-electron chi connectivity index (χ4n) is 11.8. The highest BCUT2D eigenvalue weighted by Gasteiger charge is 2.20. The Morgan fingerprint density at radius 1 is 0.241 bits per heavy atom. The molecule has 0 amide bonds. The summed E-state index contributed by atoms with van der Waals surface area (Å²) < 4.78 is 16.9. The highest BCUT2D eigenvalue weighted by molar-refractivity contribution is 5.71. The Kier molecular flexibility index (Phi) is 70.5. The number of carbonyl (C=O) groups excluding carboxylic acids is 3. The summed E-state index contributed by atoms with van der Waals surface area (Å²) in [4.78, 5) is 38.2. The molecule has 1 atom stereocenters. The van der Waals surface area contributed by atoms with E-state index in [9.17, 15) is 14.4 Å². The minimum atomic E-state index is -0.765. The monoisotopic (exact) mass is 1170 g/mol. The van der Waals surface area contributed by atoms with Gasteiger partial charge >= 0.3 is 17.9 Å². The van der Waals surface area contributed by atoms with Crippen molar-refractivity contribution in [3.8, 4) is 0 Å². The van der Waals surface area contributed by atoms with E-state index in [4.69, 9.17) is 14.2 Å². The van der Waals surface area contributed by atoms with Gasteiger partial charge in [0.25, 0.3) is 0 Å². The third kappa shape index (κ3) is 70.5. The van der Waals surface area contributed by atoms with Crippen molar-refractivity contribution in [2.75, 3.05) is 13.2 Å². The average molecular weight is 1170 g/mol. The number of ether oxygens (including phenoxy) is 3. The molecular weight excluding hydrogens is 1020 g/mol. The van der Waals surface area contributed by atoms with Gasteiger partial charge in [-0.1, -0.05) is 385 Å². The first-order valence-corrected chi connectivity index (χ1v) is 37.8. The number of carbonyl (C=O) groups is 3. The number of rotatable bonds is 71. The number of hydrogen-bond donors (Lipinski definition) is 0. The Morgan fingerprint density at radius 3 is 0.663 bits per heavy atom. The van der Waals surface area contributed by atoms with Crippen molar-refractivity contribution < 1.29 is 28.6 Å². The molecule has 6 heteroatoms. The topological polar surface area (TPSA) is 78.9 Å². The molecule has 0 N–H and O–H groups in total. The zero-order chi connectivity index (χ0) is 59.9. The third-order valence-electron chi connectivity index (χ3n) is 17.5. The summed E-state index contributed by atoms with van der Waals surface area (Å²) in [6.45, 7) is 6.67. The molecule has 0 bridgehead atoms. The molecule has 0 heterocycles. The van der Waals surface area contributed by atoms with Crippen LogP contribution in [-0.4, -0.2) is 37.2 Å². The van der Waals surface area contributed by atoms with Gasteiger partial charge in [-0.05, 0) is 51.4 Å². The van der Waals surface area contributed by atoms with Crippen LogP contribution in [0.5, 0.6) is 0 Å². The maximum Gasteiger partial charge on any atom is 0.306 e. The van der Waals surface area contributed by atoms with Crippen molar-refractivity contribution in [3.05, 3.63) is 24.3 Å². The number of allylic oxidation sites excluding steroid dienone is 4. The predicted octanol–water partition coefficient (Wildman–Crippen LogP) is 26.1. The van der Waals surface area contributed by atoms with E-state index in [1.165, 1.54) is 327 Å². The lowest BCUT2D eigenvalue weighted by atomic mass is 10.0. The molecule has 490 valence electrons. The van der Waals surface area contributed by atoms with Gasteiger partial charge in [0.05, 0.1) is 0 Å². The summed E-state index contributed by atoms with van der Waals surface area (Å²) in [5.41, 5.74) is 0. The van der Waals surface area contributed by atoms with E-state index in [0.29, 0.717) is 19.3 Å². The fraction of sp³-hybridized carbons (Fsp3) is 0.909. The van der Waals surface area contributed by atoms with Gasteiger partial charge in [0.15, 0.2) is 6.10 Å². The lowest BCUT2D eigenvalue weighted by Crippen LogP contribution is -2.30. The molecule has 0 saturated heterocycles. The van der Waals surface area contributed by atoms with E-state index in [1.807, 2.05) is 0 Å². The Hall–Kier alpha value is -2.11. The zero-order valence-electron chi connectivity index (χ0n) is 56.5. The third-order valence-corrected chi connectivity index (χ3v) is 17.5. The van der Waals surface area contributed by atoms with Gasteiger partial charge in [-0.25, -0.2) is 0 Å². The number of esters is 3. The Balaban J connectivity index is 3.97. The van der Waals surface area contributed by atoms with E-state index in [0.717, 1.165) is 64.2 Å². The van der Waals surface area contributed by atoms with Crippen molar-refractivity contribution in [1.82, 2.24) is 0 Å². The largest absolute Gasteiger partial charge is 0.462 e. The quantitative estimate of drug-likeness (QED) is 0.0261. The highest BCUT2D eigenvalue weighted by atomic mass is 16.6. The molecule has 0 radical (unpaired) electrons. The van der Waals surface area contributed by atoms with Gasteiger partial charge in [0, 0.05) is 19.3 Å². The second-order valence-electron chi connectivity index (χ2n) is 25.9. The van der Waals surface area contributed by atoms with Gasteiger partial charge in [-0.3, -0.25) is 14.4 Å². The first kappa shape index (κ1) is 80.9. The molecule has 0 fully saturated rings. The summed E-state index contributed by atoms with van der Waals surface area (Å²) in [5, 5.41) is 0. The van der Waals surface area contributed by atoms with E-state index in [-0.39, 0.29) is 31.1 Å². The molecule has 0 spiro atoms. The zero-order valence-corrected chi connectivity index (χ0v) is 56.5.